The summed E-state index contributed by atoms with van der Waals surface area (Å²) in [6.07, 6.45) is 3.53. The van der Waals surface area contributed by atoms with Crippen LogP contribution >= 0.6 is 0 Å². The molecule has 0 aliphatic rings. The molecule has 1 atom stereocenters. The fraction of sp³-hybridized carbons (Fsp3) is 0.611. The van der Waals surface area contributed by atoms with Gasteiger partial charge < -0.3 is 9.84 Å². The highest BCUT2D eigenvalue weighted by Crippen LogP contribution is 2.19. The number of aliphatic hydroxyl groups excluding tert-OH is 1. The molecule has 118 valence electrons. The van der Waals surface area contributed by atoms with E-state index in [9.17, 15) is 4.79 Å². The van der Waals surface area contributed by atoms with Crippen LogP contribution in [0.1, 0.15) is 57.1 Å². The largest absolute Gasteiger partial charge is 0.465 e. The molecular weight excluding hydrogens is 264 g/mol. The Hall–Kier alpha value is -1.35. The lowest BCUT2D eigenvalue weighted by atomic mass is 9.97. The van der Waals surface area contributed by atoms with E-state index >= 15 is 0 Å². The third-order valence-corrected chi connectivity index (χ3v) is 3.52. The number of esters is 1. The van der Waals surface area contributed by atoms with E-state index in [0.717, 1.165) is 31.2 Å². The van der Waals surface area contributed by atoms with Gasteiger partial charge in [0.1, 0.15) is 0 Å². The molecule has 1 aromatic rings. The molecule has 0 amide bonds. The van der Waals surface area contributed by atoms with Crippen molar-refractivity contribution >= 4 is 5.97 Å². The van der Waals surface area contributed by atoms with Gasteiger partial charge in [0.2, 0.25) is 0 Å². The lowest BCUT2D eigenvalue weighted by molar-refractivity contribution is -0.145. The number of hydrogen-bond donors (Lipinski definition) is 1. The van der Waals surface area contributed by atoms with E-state index in [-0.39, 0.29) is 18.5 Å². The Morgan fingerprint density at radius 2 is 1.76 bits per heavy atom. The van der Waals surface area contributed by atoms with Crippen molar-refractivity contribution in [2.75, 3.05) is 13.2 Å². The SMILES string of the molecule is CC(C)Cc1ccc(C(C)C(=O)OCCCCCO)cc1. The molecule has 1 aromatic carbocycles. The maximum Gasteiger partial charge on any atom is 0.313 e. The molecular formula is C18H28O3. The lowest BCUT2D eigenvalue weighted by Crippen LogP contribution is -2.14. The van der Waals surface area contributed by atoms with E-state index in [4.69, 9.17) is 9.84 Å². The van der Waals surface area contributed by atoms with Crippen LogP contribution in [0.4, 0.5) is 0 Å². The molecule has 0 aromatic heterocycles. The number of carbonyl (C=O) groups excluding carboxylic acids is 1. The molecule has 0 radical (unpaired) electrons. The predicted molar refractivity (Wildman–Crippen MR) is 85.3 cm³/mol. The van der Waals surface area contributed by atoms with E-state index in [2.05, 4.69) is 26.0 Å². The van der Waals surface area contributed by atoms with Gasteiger partial charge in [0, 0.05) is 6.61 Å². The molecule has 0 aliphatic heterocycles. The van der Waals surface area contributed by atoms with Gasteiger partial charge in [0.05, 0.1) is 12.5 Å². The Morgan fingerprint density at radius 3 is 2.33 bits per heavy atom. The van der Waals surface area contributed by atoms with Crippen molar-refractivity contribution < 1.29 is 14.6 Å². The molecule has 3 nitrogen and oxygen atoms in total. The Morgan fingerprint density at radius 1 is 1.10 bits per heavy atom. The maximum atomic E-state index is 12.0. The molecule has 0 aliphatic carbocycles. The zero-order valence-electron chi connectivity index (χ0n) is 13.5. The molecule has 1 N–H and O–H groups in total. The van der Waals surface area contributed by atoms with Gasteiger partial charge in [-0.3, -0.25) is 4.79 Å². The number of benzene rings is 1. The van der Waals surface area contributed by atoms with E-state index in [1.54, 1.807) is 0 Å². The van der Waals surface area contributed by atoms with Crippen molar-refractivity contribution in [2.45, 2.75) is 52.4 Å². The molecule has 0 saturated heterocycles. The molecule has 1 rings (SSSR count). The van der Waals surface area contributed by atoms with Gasteiger partial charge in [-0.15, -0.1) is 0 Å². The second-order valence-electron chi connectivity index (χ2n) is 6.01. The van der Waals surface area contributed by atoms with Crippen LogP contribution in [0, 0.1) is 5.92 Å². The molecule has 3 heteroatoms. The van der Waals surface area contributed by atoms with Gasteiger partial charge >= 0.3 is 5.97 Å². The summed E-state index contributed by atoms with van der Waals surface area (Å²) in [5.41, 5.74) is 2.31. The minimum Gasteiger partial charge on any atom is -0.465 e. The van der Waals surface area contributed by atoms with E-state index in [0.29, 0.717) is 12.5 Å². The second kappa shape index (κ2) is 9.56. The number of hydrogen-bond acceptors (Lipinski definition) is 3. The molecule has 1 unspecified atom stereocenters. The van der Waals surface area contributed by atoms with Gasteiger partial charge in [0.25, 0.3) is 0 Å². The minimum atomic E-state index is -0.226. The van der Waals surface area contributed by atoms with Gasteiger partial charge in [-0.05, 0) is 49.7 Å². The number of carbonyl (C=O) groups is 1. The van der Waals surface area contributed by atoms with Gasteiger partial charge in [-0.2, -0.15) is 0 Å². The van der Waals surface area contributed by atoms with Crippen molar-refractivity contribution in [3.8, 4) is 0 Å². The van der Waals surface area contributed by atoms with E-state index in [1.807, 2.05) is 19.1 Å². The first kappa shape index (κ1) is 17.7. The standard InChI is InChI=1S/C18H28O3/c1-14(2)13-16-7-9-17(10-8-16)15(3)18(20)21-12-6-4-5-11-19/h7-10,14-15,19H,4-6,11-13H2,1-3H3. The molecule has 0 bridgehead atoms. The highest BCUT2D eigenvalue weighted by molar-refractivity contribution is 5.77. The van der Waals surface area contributed by atoms with Crippen LogP contribution in [-0.4, -0.2) is 24.3 Å². The summed E-state index contributed by atoms with van der Waals surface area (Å²) in [6.45, 7) is 6.92. The molecule has 21 heavy (non-hydrogen) atoms. The Balaban J connectivity index is 2.42. The maximum absolute atomic E-state index is 12.0. The summed E-state index contributed by atoms with van der Waals surface area (Å²) in [6, 6.07) is 8.24. The summed E-state index contributed by atoms with van der Waals surface area (Å²) in [4.78, 5) is 12.0. The molecule has 0 fully saturated rings. The minimum absolute atomic E-state index is 0.171. The first-order valence-corrected chi connectivity index (χ1v) is 7.91. The fourth-order valence-corrected chi connectivity index (χ4v) is 2.24. The van der Waals surface area contributed by atoms with Crippen LogP contribution in [0.15, 0.2) is 24.3 Å². The quantitative estimate of drug-likeness (QED) is 0.557. The Kier molecular flexibility index (Phi) is 8.06. The van der Waals surface area contributed by atoms with Gasteiger partial charge in [-0.1, -0.05) is 38.1 Å². The van der Waals surface area contributed by atoms with Gasteiger partial charge in [0.15, 0.2) is 0 Å². The van der Waals surface area contributed by atoms with Crippen LogP contribution in [-0.2, 0) is 16.0 Å². The molecule has 0 spiro atoms. The Labute approximate surface area is 128 Å². The fourth-order valence-electron chi connectivity index (χ4n) is 2.24. The van der Waals surface area contributed by atoms with E-state index in [1.165, 1.54) is 5.56 Å². The van der Waals surface area contributed by atoms with Crippen LogP contribution in [0.25, 0.3) is 0 Å². The van der Waals surface area contributed by atoms with Crippen molar-refractivity contribution in [3.05, 3.63) is 35.4 Å². The van der Waals surface area contributed by atoms with Crippen molar-refractivity contribution in [3.63, 3.8) is 0 Å². The first-order valence-electron chi connectivity index (χ1n) is 7.91. The summed E-state index contributed by atoms with van der Waals surface area (Å²) in [7, 11) is 0. The van der Waals surface area contributed by atoms with Crippen LogP contribution < -0.4 is 0 Å². The average Bonchev–Trinajstić information content (AvgIpc) is 2.46. The summed E-state index contributed by atoms with van der Waals surface area (Å²) in [5.74, 6) is 0.240. The van der Waals surface area contributed by atoms with Crippen LogP contribution in [0.3, 0.4) is 0 Å². The third kappa shape index (κ3) is 6.76. The normalized spacial score (nSPS) is 12.4. The monoisotopic (exact) mass is 292 g/mol. The smallest absolute Gasteiger partial charge is 0.313 e. The second-order valence-corrected chi connectivity index (χ2v) is 6.01. The average molecular weight is 292 g/mol. The first-order chi connectivity index (χ1) is 10.0. The predicted octanol–water partition coefficient (Wildman–Crippen LogP) is 3.69. The third-order valence-electron chi connectivity index (χ3n) is 3.52. The van der Waals surface area contributed by atoms with Crippen molar-refractivity contribution in [1.29, 1.82) is 0 Å². The molecule has 0 saturated carbocycles. The highest BCUT2D eigenvalue weighted by Gasteiger charge is 2.16. The highest BCUT2D eigenvalue weighted by atomic mass is 16.5. The Bertz CT molecular complexity index is 409. The van der Waals surface area contributed by atoms with Crippen molar-refractivity contribution in [1.82, 2.24) is 0 Å². The molecule has 0 heterocycles. The van der Waals surface area contributed by atoms with Crippen LogP contribution in [0.5, 0.6) is 0 Å². The summed E-state index contributed by atoms with van der Waals surface area (Å²) < 4.78 is 5.28. The lowest BCUT2D eigenvalue weighted by Gasteiger charge is -2.13. The topological polar surface area (TPSA) is 46.5 Å². The number of unbranched alkanes of at least 4 members (excludes halogenated alkanes) is 2. The van der Waals surface area contributed by atoms with Crippen molar-refractivity contribution in [2.24, 2.45) is 5.92 Å². The number of aliphatic hydroxyl groups is 1. The van der Waals surface area contributed by atoms with E-state index < -0.39 is 0 Å². The zero-order valence-corrected chi connectivity index (χ0v) is 13.5. The van der Waals surface area contributed by atoms with Gasteiger partial charge in [-0.25, -0.2) is 0 Å². The zero-order chi connectivity index (χ0) is 15.7. The number of ether oxygens (including phenoxy) is 1. The summed E-state index contributed by atoms with van der Waals surface area (Å²) in [5, 5.41) is 8.68. The summed E-state index contributed by atoms with van der Waals surface area (Å²) >= 11 is 0. The number of rotatable bonds is 9. The van der Waals surface area contributed by atoms with Crippen LogP contribution in [0.2, 0.25) is 0 Å².